The van der Waals surface area contributed by atoms with Gasteiger partial charge in [-0.1, -0.05) is 45.3 Å². The van der Waals surface area contributed by atoms with Crippen LogP contribution in [0, 0.1) is 15.9 Å². The summed E-state index contributed by atoms with van der Waals surface area (Å²) in [4.78, 5) is 32.1. The smallest absolute Gasteiger partial charge is 0.338 e. The number of fused-ring (bicyclic) bond motifs is 1. The number of allylic oxidation sites excluding steroid dienone is 1. The summed E-state index contributed by atoms with van der Waals surface area (Å²) in [7, 11) is 0. The number of halogens is 2. The molecule has 0 spiro atoms. The van der Waals surface area contributed by atoms with Gasteiger partial charge in [0.25, 0.3) is 5.56 Å². The van der Waals surface area contributed by atoms with Crippen LogP contribution in [0.1, 0.15) is 37.9 Å². The van der Waals surface area contributed by atoms with Gasteiger partial charge in [0.2, 0.25) is 0 Å². The SMILES string of the molecule is C#CCOc1c(I)cc(Br)cc1/C=c1\sc2n(c1=O)[C@H](c1ccc(OCC)cc1)C(C(=O)OCC)=C(C)N=2. The van der Waals surface area contributed by atoms with Crippen molar-refractivity contribution in [3.8, 4) is 23.8 Å². The Morgan fingerprint density at radius 3 is 2.63 bits per heavy atom. The van der Waals surface area contributed by atoms with E-state index in [1.807, 2.05) is 43.3 Å². The Labute approximate surface area is 246 Å². The Hall–Kier alpha value is -2.88. The van der Waals surface area contributed by atoms with Crippen LogP contribution in [0.25, 0.3) is 6.08 Å². The molecule has 2 aromatic carbocycles. The molecule has 0 bridgehead atoms. The first-order valence-corrected chi connectivity index (χ1v) is 14.5. The van der Waals surface area contributed by atoms with Gasteiger partial charge >= 0.3 is 5.97 Å². The highest BCUT2D eigenvalue weighted by atomic mass is 127. The number of aromatic nitrogens is 1. The quantitative estimate of drug-likeness (QED) is 0.195. The van der Waals surface area contributed by atoms with Crippen molar-refractivity contribution in [2.24, 2.45) is 4.99 Å². The number of terminal acetylenes is 1. The molecule has 0 aliphatic carbocycles. The molecule has 0 fully saturated rings. The van der Waals surface area contributed by atoms with Crippen LogP contribution in [-0.2, 0) is 9.53 Å². The molecule has 0 saturated carbocycles. The van der Waals surface area contributed by atoms with E-state index in [9.17, 15) is 9.59 Å². The molecule has 38 heavy (non-hydrogen) atoms. The number of rotatable bonds is 8. The first-order valence-electron chi connectivity index (χ1n) is 11.8. The molecule has 1 atom stereocenters. The van der Waals surface area contributed by atoms with E-state index >= 15 is 0 Å². The minimum Gasteiger partial charge on any atom is -0.494 e. The zero-order chi connectivity index (χ0) is 27.4. The fraction of sp³-hybridized carbons (Fsp3) is 0.250. The van der Waals surface area contributed by atoms with Gasteiger partial charge in [0, 0.05) is 10.0 Å². The summed E-state index contributed by atoms with van der Waals surface area (Å²) in [6.45, 7) is 6.24. The molecule has 0 amide bonds. The van der Waals surface area contributed by atoms with Gasteiger partial charge in [0.1, 0.15) is 18.1 Å². The number of esters is 1. The van der Waals surface area contributed by atoms with E-state index in [0.717, 1.165) is 13.6 Å². The maximum atomic E-state index is 13.9. The Morgan fingerprint density at radius 1 is 1.24 bits per heavy atom. The summed E-state index contributed by atoms with van der Waals surface area (Å²) in [5, 5.41) is 0. The van der Waals surface area contributed by atoms with Gasteiger partial charge < -0.3 is 14.2 Å². The third-order valence-corrected chi connectivity index (χ3v) is 7.89. The van der Waals surface area contributed by atoms with Crippen molar-refractivity contribution in [2.45, 2.75) is 26.8 Å². The topological polar surface area (TPSA) is 79.1 Å². The molecule has 7 nitrogen and oxygen atoms in total. The maximum absolute atomic E-state index is 13.9. The van der Waals surface area contributed by atoms with Crippen LogP contribution in [-0.4, -0.2) is 30.4 Å². The number of thiazole rings is 1. The molecule has 1 aromatic heterocycles. The number of carbonyl (C=O) groups is 1. The average molecular weight is 707 g/mol. The van der Waals surface area contributed by atoms with Crippen molar-refractivity contribution < 1.29 is 19.0 Å². The summed E-state index contributed by atoms with van der Waals surface area (Å²) >= 11 is 6.93. The second-order valence-corrected chi connectivity index (χ2v) is 11.2. The Bertz CT molecular complexity index is 1630. The number of carbonyl (C=O) groups excluding carboxylic acids is 1. The van der Waals surface area contributed by atoms with E-state index in [-0.39, 0.29) is 18.8 Å². The van der Waals surface area contributed by atoms with Gasteiger partial charge in [-0.3, -0.25) is 9.36 Å². The molecule has 0 N–H and O–H groups in total. The number of benzene rings is 2. The molecule has 0 radical (unpaired) electrons. The van der Waals surface area contributed by atoms with Crippen LogP contribution in [0.4, 0.5) is 0 Å². The first-order chi connectivity index (χ1) is 18.3. The predicted molar refractivity (Wildman–Crippen MR) is 159 cm³/mol. The van der Waals surface area contributed by atoms with E-state index < -0.39 is 12.0 Å². The van der Waals surface area contributed by atoms with E-state index in [1.54, 1.807) is 24.5 Å². The van der Waals surface area contributed by atoms with Gasteiger partial charge in [-0.15, -0.1) is 6.42 Å². The number of ether oxygens (including phenoxy) is 3. The van der Waals surface area contributed by atoms with Crippen molar-refractivity contribution in [2.75, 3.05) is 19.8 Å². The molecule has 1 aliphatic heterocycles. The van der Waals surface area contributed by atoms with Crippen molar-refractivity contribution in [1.82, 2.24) is 4.57 Å². The van der Waals surface area contributed by atoms with E-state index in [1.165, 1.54) is 11.3 Å². The van der Waals surface area contributed by atoms with Gasteiger partial charge in [-0.2, -0.15) is 0 Å². The molecule has 196 valence electrons. The second kappa shape index (κ2) is 12.3. The minimum atomic E-state index is -0.706. The van der Waals surface area contributed by atoms with Crippen LogP contribution in [0.5, 0.6) is 11.5 Å². The molecule has 2 heterocycles. The monoisotopic (exact) mass is 706 g/mol. The molecule has 4 rings (SSSR count). The van der Waals surface area contributed by atoms with Crippen LogP contribution >= 0.6 is 49.9 Å². The summed E-state index contributed by atoms with van der Waals surface area (Å²) in [5.41, 5.74) is 1.99. The lowest BCUT2D eigenvalue weighted by atomic mass is 9.96. The summed E-state index contributed by atoms with van der Waals surface area (Å²) in [6, 6.07) is 10.4. The number of nitrogens with zero attached hydrogens (tertiary/aromatic N) is 2. The lowest BCUT2D eigenvalue weighted by Crippen LogP contribution is -2.39. The maximum Gasteiger partial charge on any atom is 0.338 e. The molecular formula is C28H24BrIN2O5S. The Balaban J connectivity index is 1.94. The van der Waals surface area contributed by atoms with Gasteiger partial charge in [-0.25, -0.2) is 9.79 Å². The third-order valence-electron chi connectivity index (χ3n) is 5.65. The van der Waals surface area contributed by atoms with E-state index in [4.69, 9.17) is 20.6 Å². The highest BCUT2D eigenvalue weighted by Crippen LogP contribution is 2.33. The molecule has 1 aliphatic rings. The van der Waals surface area contributed by atoms with Crippen molar-refractivity contribution in [3.63, 3.8) is 0 Å². The van der Waals surface area contributed by atoms with Crippen molar-refractivity contribution >= 4 is 61.9 Å². The van der Waals surface area contributed by atoms with Crippen LogP contribution < -0.4 is 24.4 Å². The summed E-state index contributed by atoms with van der Waals surface area (Å²) < 4.78 is 20.4. The molecule has 3 aromatic rings. The van der Waals surface area contributed by atoms with E-state index in [2.05, 4.69) is 49.4 Å². The van der Waals surface area contributed by atoms with Crippen molar-refractivity contribution in [3.05, 3.63) is 86.5 Å². The van der Waals surface area contributed by atoms with Crippen molar-refractivity contribution in [1.29, 1.82) is 0 Å². The Kier molecular flexibility index (Phi) is 9.12. The Morgan fingerprint density at radius 2 is 1.97 bits per heavy atom. The highest BCUT2D eigenvalue weighted by molar-refractivity contribution is 14.1. The van der Waals surface area contributed by atoms with Gasteiger partial charge in [0.15, 0.2) is 4.80 Å². The van der Waals surface area contributed by atoms with E-state index in [0.29, 0.717) is 44.3 Å². The molecule has 0 unspecified atom stereocenters. The van der Waals surface area contributed by atoms with Crippen LogP contribution in [0.3, 0.4) is 0 Å². The lowest BCUT2D eigenvalue weighted by molar-refractivity contribution is -0.139. The summed E-state index contributed by atoms with van der Waals surface area (Å²) in [6.07, 6.45) is 7.17. The summed E-state index contributed by atoms with van der Waals surface area (Å²) in [5.74, 6) is 3.26. The van der Waals surface area contributed by atoms with Gasteiger partial charge in [-0.05, 0) is 79.3 Å². The minimum absolute atomic E-state index is 0.0968. The molecule has 0 saturated heterocycles. The zero-order valence-corrected chi connectivity index (χ0v) is 25.5. The highest BCUT2D eigenvalue weighted by Gasteiger charge is 2.33. The lowest BCUT2D eigenvalue weighted by Gasteiger charge is -2.24. The fourth-order valence-electron chi connectivity index (χ4n) is 4.11. The predicted octanol–water partition coefficient (Wildman–Crippen LogP) is 4.58. The first kappa shape index (κ1) is 28.1. The fourth-order valence-corrected chi connectivity index (χ4v) is 6.86. The standard InChI is InChI=1S/C28H24BrIN2O5S/c1-5-12-37-25-18(13-19(29)15-21(25)30)14-22-26(33)32-24(17-8-10-20(11-9-17)35-6-2)23(27(34)36-7-3)16(4)31-28(32)38-22/h1,8-11,13-15,24H,6-7,12H2,2-4H3/b22-14-/t24-/m1/s1. The van der Waals surface area contributed by atoms with Gasteiger partial charge in [0.05, 0.1) is 38.6 Å². The second-order valence-electron chi connectivity index (χ2n) is 8.10. The van der Waals surface area contributed by atoms with Crippen LogP contribution in [0.2, 0.25) is 0 Å². The normalized spacial score (nSPS) is 14.9. The van der Waals surface area contributed by atoms with Crippen LogP contribution in [0.15, 0.2) is 61.9 Å². The average Bonchev–Trinajstić information content (AvgIpc) is 3.17. The zero-order valence-electron chi connectivity index (χ0n) is 20.9. The number of hydrogen-bond donors (Lipinski definition) is 0. The number of hydrogen-bond acceptors (Lipinski definition) is 7. The molecular weight excluding hydrogens is 683 g/mol. The largest absolute Gasteiger partial charge is 0.494 e. The third kappa shape index (κ3) is 5.75. The molecule has 10 heteroatoms.